The lowest BCUT2D eigenvalue weighted by Crippen LogP contribution is -2.28. The van der Waals surface area contributed by atoms with Crippen LogP contribution in [0.3, 0.4) is 0 Å². The van der Waals surface area contributed by atoms with Crippen LogP contribution in [0.15, 0.2) is 36.4 Å². The van der Waals surface area contributed by atoms with Gasteiger partial charge in [-0.15, -0.1) is 0 Å². The standard InChI is InChI=1S/C17H17F2NO4/c1-20(8-4-7-15(21)22)16(23)13-9-11-5-2-3-6-12(11)10-14(13)24-17(18)19/h2-3,5-6,9-10,17H,4,7-8H2,1H3,(H,21,22). The van der Waals surface area contributed by atoms with E-state index in [1.807, 2.05) is 0 Å². The Morgan fingerprint density at radius 2 is 1.83 bits per heavy atom. The molecule has 0 bridgehead atoms. The molecule has 5 nitrogen and oxygen atoms in total. The summed E-state index contributed by atoms with van der Waals surface area (Å²) < 4.78 is 29.8. The summed E-state index contributed by atoms with van der Waals surface area (Å²) >= 11 is 0. The smallest absolute Gasteiger partial charge is 0.387 e. The van der Waals surface area contributed by atoms with Crippen LogP contribution in [0.25, 0.3) is 10.8 Å². The van der Waals surface area contributed by atoms with Crippen molar-refractivity contribution in [3.63, 3.8) is 0 Å². The van der Waals surface area contributed by atoms with Crippen LogP contribution >= 0.6 is 0 Å². The number of ether oxygens (including phenoxy) is 1. The van der Waals surface area contributed by atoms with Crippen LogP contribution in [-0.4, -0.2) is 42.1 Å². The first-order valence-electron chi connectivity index (χ1n) is 7.33. The first-order chi connectivity index (χ1) is 11.4. The van der Waals surface area contributed by atoms with Gasteiger partial charge in [0.15, 0.2) is 0 Å². The summed E-state index contributed by atoms with van der Waals surface area (Å²) in [5.74, 6) is -1.65. The van der Waals surface area contributed by atoms with Crippen molar-refractivity contribution in [2.75, 3.05) is 13.6 Å². The van der Waals surface area contributed by atoms with Crippen molar-refractivity contribution in [3.8, 4) is 5.75 Å². The number of nitrogens with zero attached hydrogens (tertiary/aromatic N) is 1. The van der Waals surface area contributed by atoms with Gasteiger partial charge in [0.2, 0.25) is 0 Å². The molecule has 24 heavy (non-hydrogen) atoms. The molecule has 7 heteroatoms. The van der Waals surface area contributed by atoms with Crippen molar-refractivity contribution in [2.45, 2.75) is 19.5 Å². The number of aliphatic carboxylic acids is 1. The average Bonchev–Trinajstić information content (AvgIpc) is 2.52. The van der Waals surface area contributed by atoms with Crippen molar-refractivity contribution < 1.29 is 28.2 Å². The number of carboxylic acids is 1. The molecule has 0 radical (unpaired) electrons. The van der Waals surface area contributed by atoms with E-state index in [1.165, 1.54) is 24.1 Å². The monoisotopic (exact) mass is 337 g/mol. The number of hydrogen-bond donors (Lipinski definition) is 1. The molecular weight excluding hydrogens is 320 g/mol. The fourth-order valence-electron chi connectivity index (χ4n) is 2.35. The SMILES string of the molecule is CN(CCCC(=O)O)C(=O)c1cc2ccccc2cc1OC(F)F. The summed E-state index contributed by atoms with van der Waals surface area (Å²) in [5, 5.41) is 10.0. The first kappa shape index (κ1) is 17.7. The van der Waals surface area contributed by atoms with Gasteiger partial charge in [0.25, 0.3) is 5.91 Å². The Bertz CT molecular complexity index is 748. The first-order valence-corrected chi connectivity index (χ1v) is 7.33. The zero-order valence-corrected chi connectivity index (χ0v) is 13.0. The molecule has 0 aliphatic heterocycles. The van der Waals surface area contributed by atoms with Gasteiger partial charge in [-0.05, 0) is 29.3 Å². The molecule has 2 rings (SSSR count). The Kier molecular flexibility index (Phi) is 5.68. The van der Waals surface area contributed by atoms with E-state index in [1.54, 1.807) is 24.3 Å². The second-order valence-electron chi connectivity index (χ2n) is 5.30. The number of fused-ring (bicyclic) bond motifs is 1. The van der Waals surface area contributed by atoms with Gasteiger partial charge in [0, 0.05) is 20.0 Å². The van der Waals surface area contributed by atoms with E-state index in [-0.39, 0.29) is 30.7 Å². The number of amides is 1. The highest BCUT2D eigenvalue weighted by Crippen LogP contribution is 2.28. The normalized spacial score (nSPS) is 10.8. The van der Waals surface area contributed by atoms with Gasteiger partial charge in [-0.1, -0.05) is 24.3 Å². The summed E-state index contributed by atoms with van der Waals surface area (Å²) in [4.78, 5) is 24.4. The predicted octanol–water partition coefficient (Wildman–Crippen LogP) is 3.38. The van der Waals surface area contributed by atoms with E-state index in [9.17, 15) is 18.4 Å². The maximum atomic E-state index is 12.6. The largest absolute Gasteiger partial charge is 0.481 e. The van der Waals surface area contributed by atoms with E-state index in [0.717, 1.165) is 5.39 Å². The van der Waals surface area contributed by atoms with Crippen LogP contribution in [0.2, 0.25) is 0 Å². The van der Waals surface area contributed by atoms with Crippen molar-refractivity contribution in [1.29, 1.82) is 0 Å². The molecule has 0 aliphatic rings. The quantitative estimate of drug-likeness (QED) is 0.841. The molecule has 0 heterocycles. The fourth-order valence-corrected chi connectivity index (χ4v) is 2.35. The lowest BCUT2D eigenvalue weighted by atomic mass is 10.0. The van der Waals surface area contributed by atoms with Crippen molar-refractivity contribution >= 4 is 22.6 Å². The Morgan fingerprint density at radius 1 is 1.21 bits per heavy atom. The number of hydrogen-bond acceptors (Lipinski definition) is 3. The third kappa shape index (κ3) is 4.41. The molecule has 2 aromatic carbocycles. The summed E-state index contributed by atoms with van der Waals surface area (Å²) in [6, 6.07) is 9.94. The zero-order chi connectivity index (χ0) is 17.7. The third-order valence-electron chi connectivity index (χ3n) is 3.53. The van der Waals surface area contributed by atoms with Crippen molar-refractivity contribution in [1.82, 2.24) is 4.90 Å². The zero-order valence-electron chi connectivity index (χ0n) is 13.0. The molecule has 0 atom stereocenters. The molecule has 0 fully saturated rings. The molecule has 0 spiro atoms. The highest BCUT2D eigenvalue weighted by Gasteiger charge is 2.20. The molecule has 0 aliphatic carbocycles. The number of alkyl halides is 2. The van der Waals surface area contributed by atoms with E-state index in [0.29, 0.717) is 5.39 Å². The highest BCUT2D eigenvalue weighted by atomic mass is 19.3. The molecule has 0 aromatic heterocycles. The average molecular weight is 337 g/mol. The van der Waals surface area contributed by atoms with Crippen LogP contribution in [0.5, 0.6) is 5.75 Å². The Labute approximate surface area is 137 Å². The van der Waals surface area contributed by atoms with E-state index >= 15 is 0 Å². The molecule has 0 unspecified atom stereocenters. The van der Waals surface area contributed by atoms with E-state index in [4.69, 9.17) is 5.11 Å². The van der Waals surface area contributed by atoms with Crippen LogP contribution < -0.4 is 4.74 Å². The van der Waals surface area contributed by atoms with Crippen LogP contribution in [0.1, 0.15) is 23.2 Å². The minimum atomic E-state index is -3.05. The Morgan fingerprint density at radius 3 is 2.42 bits per heavy atom. The van der Waals surface area contributed by atoms with Gasteiger partial charge >= 0.3 is 12.6 Å². The number of rotatable bonds is 7. The van der Waals surface area contributed by atoms with Gasteiger partial charge in [0.05, 0.1) is 5.56 Å². The molecule has 0 saturated carbocycles. The Hall–Kier alpha value is -2.70. The lowest BCUT2D eigenvalue weighted by Gasteiger charge is -2.19. The molecule has 1 amide bonds. The van der Waals surface area contributed by atoms with Gasteiger partial charge in [0.1, 0.15) is 5.75 Å². The second-order valence-corrected chi connectivity index (χ2v) is 5.30. The van der Waals surface area contributed by atoms with Crippen LogP contribution in [0, 0.1) is 0 Å². The van der Waals surface area contributed by atoms with Gasteiger partial charge in [-0.25, -0.2) is 0 Å². The second kappa shape index (κ2) is 7.72. The minimum absolute atomic E-state index is 0.0202. The molecule has 1 N–H and O–H groups in total. The lowest BCUT2D eigenvalue weighted by molar-refractivity contribution is -0.137. The van der Waals surface area contributed by atoms with Gasteiger partial charge in [-0.3, -0.25) is 9.59 Å². The summed E-state index contributed by atoms with van der Waals surface area (Å²) in [5.41, 5.74) is 0.0202. The number of benzene rings is 2. The van der Waals surface area contributed by atoms with E-state index < -0.39 is 18.5 Å². The molecule has 0 saturated heterocycles. The topological polar surface area (TPSA) is 66.8 Å². The fraction of sp³-hybridized carbons (Fsp3) is 0.294. The molecule has 2 aromatic rings. The Balaban J connectivity index is 2.30. The van der Waals surface area contributed by atoms with Crippen molar-refractivity contribution in [3.05, 3.63) is 42.0 Å². The summed E-state index contributed by atoms with van der Waals surface area (Å²) in [7, 11) is 1.49. The number of halogens is 2. The van der Waals surface area contributed by atoms with Crippen molar-refractivity contribution in [2.24, 2.45) is 0 Å². The number of carbonyl (C=O) groups excluding carboxylic acids is 1. The molecule has 128 valence electrons. The van der Waals surface area contributed by atoms with Gasteiger partial charge in [-0.2, -0.15) is 8.78 Å². The van der Waals surface area contributed by atoms with E-state index in [2.05, 4.69) is 4.74 Å². The van der Waals surface area contributed by atoms with Gasteiger partial charge < -0.3 is 14.7 Å². The maximum Gasteiger partial charge on any atom is 0.387 e. The maximum absolute atomic E-state index is 12.6. The van der Waals surface area contributed by atoms with Crippen LogP contribution in [-0.2, 0) is 4.79 Å². The molecular formula is C17H17F2NO4. The third-order valence-corrected chi connectivity index (χ3v) is 3.53. The highest BCUT2D eigenvalue weighted by molar-refractivity contribution is 6.01. The summed E-state index contributed by atoms with van der Waals surface area (Å²) in [6.45, 7) is -2.85. The predicted molar refractivity (Wildman–Crippen MR) is 84.4 cm³/mol. The summed E-state index contributed by atoms with van der Waals surface area (Å²) in [6.07, 6.45) is 0.200. The number of carboxylic acid groups (broad SMARTS) is 1. The number of carbonyl (C=O) groups is 2. The van der Waals surface area contributed by atoms with Crippen LogP contribution in [0.4, 0.5) is 8.78 Å². The minimum Gasteiger partial charge on any atom is -0.481 e.